The molecule has 0 radical (unpaired) electrons. The highest BCUT2D eigenvalue weighted by Gasteiger charge is 2.40. The number of aryl methyl sites for hydroxylation is 1. The summed E-state index contributed by atoms with van der Waals surface area (Å²) in [4.78, 5) is 0.981. The molecule has 4 heteroatoms. The highest BCUT2D eigenvalue weighted by Crippen LogP contribution is 2.47. The van der Waals surface area contributed by atoms with Gasteiger partial charge in [-0.15, -0.1) is 11.3 Å². The fourth-order valence-electron chi connectivity index (χ4n) is 2.56. The van der Waals surface area contributed by atoms with Gasteiger partial charge >= 0.3 is 0 Å². The molecule has 1 aliphatic rings. The molecule has 1 unspecified atom stereocenters. The molecule has 3 rings (SSSR count). The maximum atomic E-state index is 11.0. The van der Waals surface area contributed by atoms with Gasteiger partial charge in [-0.25, -0.2) is 0 Å². The van der Waals surface area contributed by atoms with Crippen LogP contribution >= 0.6 is 27.3 Å². The van der Waals surface area contributed by atoms with Gasteiger partial charge in [0.25, 0.3) is 0 Å². The van der Waals surface area contributed by atoms with Gasteiger partial charge in [0.2, 0.25) is 0 Å². The SMILES string of the molecule is COc1ccc2c(c1)C(O)(c1sccc1Br)CC2. The number of aliphatic hydroxyl groups is 1. The van der Waals surface area contributed by atoms with Crippen LogP contribution in [0.1, 0.15) is 22.4 Å². The maximum absolute atomic E-state index is 11.0. The lowest BCUT2D eigenvalue weighted by molar-refractivity contribution is 0.0859. The van der Waals surface area contributed by atoms with E-state index in [0.29, 0.717) is 0 Å². The van der Waals surface area contributed by atoms with Gasteiger partial charge in [-0.3, -0.25) is 0 Å². The van der Waals surface area contributed by atoms with Gasteiger partial charge in [-0.1, -0.05) is 6.07 Å². The third-order valence-electron chi connectivity index (χ3n) is 3.51. The Hall–Kier alpha value is -0.840. The number of hydrogen-bond acceptors (Lipinski definition) is 3. The van der Waals surface area contributed by atoms with Crippen LogP contribution in [0.2, 0.25) is 0 Å². The average molecular weight is 325 g/mol. The highest BCUT2D eigenvalue weighted by molar-refractivity contribution is 9.10. The molecule has 2 aromatic rings. The molecule has 0 amide bonds. The molecule has 0 fully saturated rings. The number of hydrogen-bond donors (Lipinski definition) is 1. The zero-order valence-electron chi connectivity index (χ0n) is 9.94. The van der Waals surface area contributed by atoms with Crippen molar-refractivity contribution >= 4 is 27.3 Å². The first-order valence-electron chi connectivity index (χ1n) is 5.78. The summed E-state index contributed by atoms with van der Waals surface area (Å²) in [6.07, 6.45) is 1.63. The molecule has 0 aliphatic heterocycles. The lowest BCUT2D eigenvalue weighted by Crippen LogP contribution is -2.22. The van der Waals surface area contributed by atoms with Crippen molar-refractivity contribution in [1.29, 1.82) is 0 Å². The summed E-state index contributed by atoms with van der Waals surface area (Å²) in [5.74, 6) is 0.793. The van der Waals surface area contributed by atoms with Crippen LogP contribution in [0.4, 0.5) is 0 Å². The minimum atomic E-state index is -0.878. The number of fused-ring (bicyclic) bond motifs is 1. The molecule has 1 N–H and O–H groups in total. The van der Waals surface area contributed by atoms with Crippen molar-refractivity contribution in [3.05, 3.63) is 50.1 Å². The Morgan fingerprint density at radius 3 is 2.89 bits per heavy atom. The van der Waals surface area contributed by atoms with Crippen molar-refractivity contribution in [2.24, 2.45) is 0 Å². The maximum Gasteiger partial charge on any atom is 0.126 e. The molecule has 2 nitrogen and oxygen atoms in total. The van der Waals surface area contributed by atoms with Crippen LogP contribution < -0.4 is 4.74 Å². The number of halogens is 1. The Balaban J connectivity index is 2.16. The van der Waals surface area contributed by atoms with Gasteiger partial charge < -0.3 is 9.84 Å². The normalized spacial score (nSPS) is 21.9. The number of methoxy groups -OCH3 is 1. The van der Waals surface area contributed by atoms with E-state index in [9.17, 15) is 5.11 Å². The van der Waals surface area contributed by atoms with Crippen LogP contribution in [-0.2, 0) is 12.0 Å². The van der Waals surface area contributed by atoms with Crippen molar-refractivity contribution in [1.82, 2.24) is 0 Å². The second-order valence-electron chi connectivity index (χ2n) is 4.48. The number of thiophene rings is 1. The van der Waals surface area contributed by atoms with E-state index < -0.39 is 5.60 Å². The van der Waals surface area contributed by atoms with E-state index in [0.717, 1.165) is 33.5 Å². The van der Waals surface area contributed by atoms with Gasteiger partial charge in [-0.2, -0.15) is 0 Å². The molecule has 0 saturated heterocycles. The lowest BCUT2D eigenvalue weighted by Gasteiger charge is -2.23. The van der Waals surface area contributed by atoms with Crippen LogP contribution in [0.15, 0.2) is 34.1 Å². The van der Waals surface area contributed by atoms with Crippen molar-refractivity contribution in [2.75, 3.05) is 7.11 Å². The molecule has 1 aromatic heterocycles. The van der Waals surface area contributed by atoms with E-state index >= 15 is 0 Å². The third kappa shape index (κ3) is 1.71. The van der Waals surface area contributed by atoms with E-state index in [4.69, 9.17) is 4.74 Å². The Morgan fingerprint density at radius 1 is 1.39 bits per heavy atom. The largest absolute Gasteiger partial charge is 0.497 e. The van der Waals surface area contributed by atoms with Crippen LogP contribution in [-0.4, -0.2) is 12.2 Å². The molecular weight excluding hydrogens is 312 g/mol. The summed E-state index contributed by atoms with van der Waals surface area (Å²) < 4.78 is 6.24. The lowest BCUT2D eigenvalue weighted by atomic mass is 9.94. The predicted molar refractivity (Wildman–Crippen MR) is 76.3 cm³/mol. The topological polar surface area (TPSA) is 29.5 Å². The van der Waals surface area contributed by atoms with Gasteiger partial charge in [0.1, 0.15) is 11.4 Å². The number of benzene rings is 1. The summed E-state index contributed by atoms with van der Waals surface area (Å²) in [5, 5.41) is 13.0. The van der Waals surface area contributed by atoms with Gasteiger partial charge in [0.05, 0.1) is 12.0 Å². The van der Waals surface area contributed by atoms with E-state index in [1.165, 1.54) is 5.56 Å². The van der Waals surface area contributed by atoms with Crippen molar-refractivity contribution in [2.45, 2.75) is 18.4 Å². The summed E-state index contributed by atoms with van der Waals surface area (Å²) >= 11 is 5.10. The van der Waals surface area contributed by atoms with Crippen molar-refractivity contribution in [3.8, 4) is 5.75 Å². The molecule has 94 valence electrons. The summed E-state index contributed by atoms with van der Waals surface area (Å²) in [5.41, 5.74) is 1.31. The molecule has 0 spiro atoms. The molecule has 0 bridgehead atoms. The van der Waals surface area contributed by atoms with Gasteiger partial charge in [-0.05, 0) is 63.5 Å². The minimum Gasteiger partial charge on any atom is -0.497 e. The monoisotopic (exact) mass is 324 g/mol. The molecular formula is C14H13BrO2S. The van der Waals surface area contributed by atoms with Crippen LogP contribution in [0.5, 0.6) is 5.75 Å². The quantitative estimate of drug-likeness (QED) is 0.912. The zero-order valence-corrected chi connectivity index (χ0v) is 12.3. The number of ether oxygens (including phenoxy) is 1. The van der Waals surface area contributed by atoms with E-state index in [2.05, 4.69) is 15.9 Å². The zero-order chi connectivity index (χ0) is 12.8. The standard InChI is InChI=1S/C14H13BrO2S/c1-17-10-3-2-9-4-6-14(16,11(9)8-10)13-12(15)5-7-18-13/h2-3,5,7-8,16H,4,6H2,1H3. The Bertz CT molecular complexity index is 593. The third-order valence-corrected chi connectivity index (χ3v) is 5.50. The molecule has 1 heterocycles. The molecule has 1 aliphatic carbocycles. The van der Waals surface area contributed by atoms with Crippen LogP contribution in [0.25, 0.3) is 0 Å². The second kappa shape index (κ2) is 4.37. The average Bonchev–Trinajstić information content (AvgIpc) is 2.95. The van der Waals surface area contributed by atoms with Crippen LogP contribution in [0.3, 0.4) is 0 Å². The minimum absolute atomic E-state index is 0.731. The van der Waals surface area contributed by atoms with Crippen LogP contribution in [0, 0.1) is 0 Å². The first-order valence-corrected chi connectivity index (χ1v) is 7.45. The van der Waals surface area contributed by atoms with Crippen molar-refractivity contribution < 1.29 is 9.84 Å². The summed E-state index contributed by atoms with van der Waals surface area (Å²) in [7, 11) is 1.65. The molecule has 18 heavy (non-hydrogen) atoms. The van der Waals surface area contributed by atoms with E-state index in [-0.39, 0.29) is 0 Å². The fraction of sp³-hybridized carbons (Fsp3) is 0.286. The van der Waals surface area contributed by atoms with E-state index in [1.54, 1.807) is 18.4 Å². The number of rotatable bonds is 2. The predicted octanol–water partition coefficient (Wildman–Crippen LogP) is 3.70. The molecule has 0 saturated carbocycles. The fourth-order valence-corrected chi connectivity index (χ4v) is 4.40. The van der Waals surface area contributed by atoms with Crippen molar-refractivity contribution in [3.63, 3.8) is 0 Å². The van der Waals surface area contributed by atoms with Gasteiger partial charge in [0.15, 0.2) is 0 Å². The Labute approximate surface area is 118 Å². The van der Waals surface area contributed by atoms with E-state index in [1.807, 2.05) is 29.6 Å². The summed E-state index contributed by atoms with van der Waals surface area (Å²) in [6, 6.07) is 7.94. The Morgan fingerprint density at radius 2 is 2.22 bits per heavy atom. The van der Waals surface area contributed by atoms with Gasteiger partial charge in [0, 0.05) is 4.47 Å². The molecule has 1 aromatic carbocycles. The smallest absolute Gasteiger partial charge is 0.126 e. The first-order chi connectivity index (χ1) is 8.65. The highest BCUT2D eigenvalue weighted by atomic mass is 79.9. The molecule has 1 atom stereocenters. The second-order valence-corrected chi connectivity index (χ2v) is 6.25. The Kier molecular flexibility index (Phi) is 2.96. The first kappa shape index (κ1) is 12.2. The summed E-state index contributed by atoms with van der Waals surface area (Å²) in [6.45, 7) is 0.